The lowest BCUT2D eigenvalue weighted by atomic mass is 10.2. The van der Waals surface area contributed by atoms with E-state index in [9.17, 15) is 4.79 Å². The van der Waals surface area contributed by atoms with Gasteiger partial charge in [-0.2, -0.15) is 0 Å². The van der Waals surface area contributed by atoms with Crippen molar-refractivity contribution < 1.29 is 14.3 Å². The molecule has 0 atom stereocenters. The fourth-order valence-corrected chi connectivity index (χ4v) is 3.50. The minimum Gasteiger partial charge on any atom is -0.497 e. The Morgan fingerprint density at radius 1 is 1.12 bits per heavy atom. The number of aryl methyl sites for hydroxylation is 1. The Morgan fingerprint density at radius 2 is 1.91 bits per heavy atom. The molecule has 0 spiro atoms. The Bertz CT molecular complexity index is 1050. The molecule has 0 aliphatic rings. The third kappa shape index (κ3) is 6.91. The molecule has 0 aliphatic heterocycles. The lowest BCUT2D eigenvalue weighted by molar-refractivity contribution is 0.251. The second-order valence-electron chi connectivity index (χ2n) is 8.21. The van der Waals surface area contributed by atoms with Crippen LogP contribution in [0.5, 0.6) is 11.5 Å². The summed E-state index contributed by atoms with van der Waals surface area (Å²) in [6.45, 7) is 4.03. The van der Waals surface area contributed by atoms with Crippen molar-refractivity contribution in [2.45, 2.75) is 32.7 Å². The number of amides is 2. The minimum atomic E-state index is -0.225. The van der Waals surface area contributed by atoms with Gasteiger partial charge >= 0.3 is 6.03 Å². The van der Waals surface area contributed by atoms with Crippen molar-refractivity contribution in [3.8, 4) is 22.8 Å². The first-order valence-electron chi connectivity index (χ1n) is 11.7. The molecule has 2 aromatic carbocycles. The third-order valence-electron chi connectivity index (χ3n) is 5.38. The molecule has 8 heteroatoms. The molecule has 0 unspecified atom stereocenters. The number of hydrogen-bond acceptors (Lipinski definition) is 5. The van der Waals surface area contributed by atoms with Crippen LogP contribution in [-0.4, -0.2) is 49.9 Å². The van der Waals surface area contributed by atoms with Gasteiger partial charge in [0.05, 0.1) is 31.4 Å². The molecule has 0 aliphatic carbocycles. The zero-order valence-corrected chi connectivity index (χ0v) is 20.5. The number of rotatable bonds is 12. The number of methoxy groups -OCH3 is 1. The van der Waals surface area contributed by atoms with E-state index < -0.39 is 0 Å². The first kappa shape index (κ1) is 25.0. The van der Waals surface area contributed by atoms with Crippen LogP contribution in [0.1, 0.15) is 26.2 Å². The monoisotopic (exact) mass is 465 g/mol. The lowest BCUT2D eigenvalue weighted by Crippen LogP contribution is -2.30. The topological polar surface area (TPSA) is 80.7 Å². The van der Waals surface area contributed by atoms with Crippen LogP contribution in [0.3, 0.4) is 0 Å². The van der Waals surface area contributed by atoms with Crippen molar-refractivity contribution in [2.24, 2.45) is 0 Å². The van der Waals surface area contributed by atoms with Crippen molar-refractivity contribution in [3.63, 3.8) is 0 Å². The summed E-state index contributed by atoms with van der Waals surface area (Å²) >= 11 is 0. The van der Waals surface area contributed by atoms with Crippen LogP contribution in [0.4, 0.5) is 16.2 Å². The Balaban J connectivity index is 1.57. The number of unbranched alkanes of at least 4 members (excludes halogenated alkanes) is 1. The Kier molecular flexibility index (Phi) is 9.20. The lowest BCUT2D eigenvalue weighted by Gasteiger charge is -2.21. The van der Waals surface area contributed by atoms with Gasteiger partial charge in [0.2, 0.25) is 0 Å². The van der Waals surface area contributed by atoms with Gasteiger partial charge in [-0.1, -0.05) is 19.4 Å². The largest absolute Gasteiger partial charge is 0.497 e. The van der Waals surface area contributed by atoms with Gasteiger partial charge in [-0.25, -0.2) is 9.78 Å². The highest BCUT2D eigenvalue weighted by molar-refractivity contribution is 5.95. The van der Waals surface area contributed by atoms with E-state index in [-0.39, 0.29) is 6.03 Å². The fraction of sp³-hybridized carbons (Fsp3) is 0.385. The molecular weight excluding hydrogens is 430 g/mol. The van der Waals surface area contributed by atoms with Crippen LogP contribution in [0.15, 0.2) is 55.0 Å². The number of imidazole rings is 1. The molecule has 8 nitrogen and oxygen atoms in total. The van der Waals surface area contributed by atoms with E-state index in [1.54, 1.807) is 7.11 Å². The van der Waals surface area contributed by atoms with E-state index in [0.29, 0.717) is 24.6 Å². The number of nitrogens with one attached hydrogen (secondary N) is 2. The molecule has 1 aromatic heterocycles. The summed E-state index contributed by atoms with van der Waals surface area (Å²) in [5.41, 5.74) is 3.53. The highest BCUT2D eigenvalue weighted by atomic mass is 16.5. The third-order valence-corrected chi connectivity index (χ3v) is 5.38. The molecule has 0 fully saturated rings. The van der Waals surface area contributed by atoms with Crippen molar-refractivity contribution in [2.75, 3.05) is 44.6 Å². The first-order chi connectivity index (χ1) is 16.5. The number of carbonyl (C=O) groups is 1. The molecule has 0 bridgehead atoms. The van der Waals surface area contributed by atoms with Gasteiger partial charge in [-0.15, -0.1) is 0 Å². The number of benzene rings is 2. The number of ether oxygens (including phenoxy) is 2. The van der Waals surface area contributed by atoms with Crippen molar-refractivity contribution >= 4 is 17.4 Å². The molecule has 3 rings (SSSR count). The standard InChI is InChI=1S/C26H35N5O3/c1-5-6-15-27-26(32)29-25-23(30(2)3)9-7-10-24(25)34-17-8-16-31-18-22(28-19-31)20-11-13-21(33-4)14-12-20/h7,9-14,18-19H,5-6,8,15-17H2,1-4H3,(H2,27,29,32). The van der Waals surface area contributed by atoms with Crippen LogP contribution in [0.25, 0.3) is 11.3 Å². The van der Waals surface area contributed by atoms with Crippen molar-refractivity contribution in [3.05, 3.63) is 55.0 Å². The normalized spacial score (nSPS) is 10.6. The van der Waals surface area contributed by atoms with E-state index in [0.717, 1.165) is 48.5 Å². The number of para-hydroxylation sites is 1. The van der Waals surface area contributed by atoms with Gasteiger partial charge in [0.25, 0.3) is 0 Å². The predicted octanol–water partition coefficient (Wildman–Crippen LogP) is 5.02. The Labute approximate surface area is 201 Å². The second kappa shape index (κ2) is 12.5. The quantitative estimate of drug-likeness (QED) is 0.367. The Morgan fingerprint density at radius 3 is 2.62 bits per heavy atom. The summed E-state index contributed by atoms with van der Waals surface area (Å²) in [6.07, 6.45) is 6.64. The molecule has 0 radical (unpaired) electrons. The summed E-state index contributed by atoms with van der Waals surface area (Å²) in [4.78, 5) is 18.8. The van der Waals surface area contributed by atoms with Crippen LogP contribution in [0, 0.1) is 0 Å². The zero-order valence-electron chi connectivity index (χ0n) is 20.5. The van der Waals surface area contributed by atoms with Crippen LogP contribution >= 0.6 is 0 Å². The summed E-state index contributed by atoms with van der Waals surface area (Å²) in [6, 6.07) is 13.4. The van der Waals surface area contributed by atoms with Gasteiger partial charge in [-0.05, 0) is 49.2 Å². The first-order valence-corrected chi connectivity index (χ1v) is 11.7. The van der Waals surface area contributed by atoms with Crippen LogP contribution in [0.2, 0.25) is 0 Å². The molecule has 34 heavy (non-hydrogen) atoms. The average Bonchev–Trinajstić information content (AvgIpc) is 3.31. The van der Waals surface area contributed by atoms with Gasteiger partial charge in [0, 0.05) is 38.9 Å². The number of urea groups is 1. The van der Waals surface area contributed by atoms with E-state index >= 15 is 0 Å². The molecular formula is C26H35N5O3. The van der Waals surface area contributed by atoms with Gasteiger partial charge < -0.3 is 29.6 Å². The van der Waals surface area contributed by atoms with E-state index in [4.69, 9.17) is 9.47 Å². The highest BCUT2D eigenvalue weighted by Gasteiger charge is 2.14. The summed E-state index contributed by atoms with van der Waals surface area (Å²) in [7, 11) is 5.54. The maximum Gasteiger partial charge on any atom is 0.319 e. The number of carbonyl (C=O) groups excluding carboxylic acids is 1. The number of hydrogen-bond donors (Lipinski definition) is 2. The maximum atomic E-state index is 12.4. The number of aromatic nitrogens is 2. The fourth-order valence-electron chi connectivity index (χ4n) is 3.50. The second-order valence-corrected chi connectivity index (χ2v) is 8.21. The summed E-state index contributed by atoms with van der Waals surface area (Å²) in [5.74, 6) is 1.48. The van der Waals surface area contributed by atoms with Crippen molar-refractivity contribution in [1.82, 2.24) is 14.9 Å². The molecule has 1 heterocycles. The maximum absolute atomic E-state index is 12.4. The van der Waals surface area contributed by atoms with Gasteiger partial charge in [-0.3, -0.25) is 0 Å². The van der Waals surface area contributed by atoms with E-state index in [1.165, 1.54) is 0 Å². The minimum absolute atomic E-state index is 0.225. The zero-order chi connectivity index (χ0) is 24.3. The SMILES string of the molecule is CCCCNC(=O)Nc1c(OCCCn2cnc(-c3ccc(OC)cc3)c2)cccc1N(C)C. The highest BCUT2D eigenvalue weighted by Crippen LogP contribution is 2.34. The molecule has 182 valence electrons. The molecule has 2 N–H and O–H groups in total. The Hall–Kier alpha value is -3.68. The summed E-state index contributed by atoms with van der Waals surface area (Å²) in [5, 5.41) is 5.86. The van der Waals surface area contributed by atoms with Gasteiger partial charge in [0.15, 0.2) is 0 Å². The predicted molar refractivity (Wildman–Crippen MR) is 137 cm³/mol. The average molecular weight is 466 g/mol. The molecule has 0 saturated heterocycles. The number of anilines is 2. The molecule has 3 aromatic rings. The molecule has 0 saturated carbocycles. The van der Waals surface area contributed by atoms with Crippen molar-refractivity contribution in [1.29, 1.82) is 0 Å². The van der Waals surface area contributed by atoms with E-state index in [2.05, 4.69) is 27.1 Å². The number of nitrogens with zero attached hydrogens (tertiary/aromatic N) is 3. The van der Waals surface area contributed by atoms with Crippen LogP contribution in [-0.2, 0) is 6.54 Å². The summed E-state index contributed by atoms with van der Waals surface area (Å²) < 4.78 is 13.3. The van der Waals surface area contributed by atoms with Crippen LogP contribution < -0.4 is 25.0 Å². The molecule has 2 amide bonds. The smallest absolute Gasteiger partial charge is 0.319 e. The van der Waals surface area contributed by atoms with Gasteiger partial charge in [0.1, 0.15) is 17.2 Å². The van der Waals surface area contributed by atoms with E-state index in [1.807, 2.05) is 74.0 Å².